The van der Waals surface area contributed by atoms with Gasteiger partial charge in [0.05, 0.1) is 13.7 Å². The van der Waals surface area contributed by atoms with Crippen LogP contribution in [-0.4, -0.2) is 37.9 Å². The van der Waals surface area contributed by atoms with Crippen molar-refractivity contribution in [3.05, 3.63) is 65.7 Å². The standard InChI is InChI=1S/C25H33NO4/c1-25(2,3)30-24(27)23-20(14-15-29-17-18-10-6-5-7-11-18)21(16-26-23)19-12-8-9-13-22(19)28-4/h5-13,20-21,23,26H,14-17H2,1-4H3/t20-,21+,23+/m0/s1. The number of methoxy groups -OCH3 is 1. The second-order valence-electron chi connectivity index (χ2n) is 8.76. The Labute approximate surface area is 179 Å². The van der Waals surface area contributed by atoms with Gasteiger partial charge in [-0.05, 0) is 50.3 Å². The van der Waals surface area contributed by atoms with Crippen molar-refractivity contribution < 1.29 is 19.0 Å². The third-order valence-corrected chi connectivity index (χ3v) is 5.41. The fraction of sp³-hybridized carbons (Fsp3) is 0.480. The maximum Gasteiger partial charge on any atom is 0.323 e. The Morgan fingerprint density at radius 3 is 2.47 bits per heavy atom. The average molecular weight is 412 g/mol. The van der Waals surface area contributed by atoms with Gasteiger partial charge in [0.15, 0.2) is 0 Å². The van der Waals surface area contributed by atoms with Crippen molar-refractivity contribution in [2.45, 2.75) is 51.4 Å². The number of rotatable bonds is 8. The molecule has 30 heavy (non-hydrogen) atoms. The molecule has 0 radical (unpaired) electrons. The van der Waals surface area contributed by atoms with Crippen molar-refractivity contribution in [3.63, 3.8) is 0 Å². The molecule has 162 valence electrons. The molecule has 0 aliphatic carbocycles. The summed E-state index contributed by atoms with van der Waals surface area (Å²) in [6, 6.07) is 17.8. The Morgan fingerprint density at radius 1 is 1.07 bits per heavy atom. The summed E-state index contributed by atoms with van der Waals surface area (Å²) in [5, 5.41) is 3.40. The topological polar surface area (TPSA) is 56.8 Å². The van der Waals surface area contributed by atoms with Gasteiger partial charge in [-0.2, -0.15) is 0 Å². The van der Waals surface area contributed by atoms with Gasteiger partial charge >= 0.3 is 5.97 Å². The fourth-order valence-electron chi connectivity index (χ4n) is 4.08. The molecule has 5 nitrogen and oxygen atoms in total. The second-order valence-corrected chi connectivity index (χ2v) is 8.76. The molecule has 0 aromatic heterocycles. The van der Waals surface area contributed by atoms with E-state index in [9.17, 15) is 4.79 Å². The Bertz CT molecular complexity index is 815. The van der Waals surface area contributed by atoms with Crippen molar-refractivity contribution in [3.8, 4) is 5.75 Å². The van der Waals surface area contributed by atoms with Crippen LogP contribution in [0.25, 0.3) is 0 Å². The maximum atomic E-state index is 12.9. The van der Waals surface area contributed by atoms with Crippen molar-refractivity contribution >= 4 is 5.97 Å². The predicted octanol–water partition coefficient (Wildman–Crippen LogP) is 4.32. The van der Waals surface area contributed by atoms with E-state index >= 15 is 0 Å². The number of esters is 1. The first-order valence-corrected chi connectivity index (χ1v) is 10.6. The highest BCUT2D eigenvalue weighted by atomic mass is 16.6. The summed E-state index contributed by atoms with van der Waals surface area (Å²) in [4.78, 5) is 12.9. The van der Waals surface area contributed by atoms with Gasteiger partial charge in [0, 0.05) is 19.1 Å². The Hall–Kier alpha value is -2.37. The van der Waals surface area contributed by atoms with Crippen LogP contribution in [0.15, 0.2) is 54.6 Å². The van der Waals surface area contributed by atoms with Gasteiger partial charge in [0.2, 0.25) is 0 Å². The van der Waals surface area contributed by atoms with Crippen molar-refractivity contribution in [1.29, 1.82) is 0 Å². The zero-order valence-corrected chi connectivity index (χ0v) is 18.4. The van der Waals surface area contributed by atoms with Gasteiger partial charge in [-0.25, -0.2) is 0 Å². The SMILES string of the molecule is COc1ccccc1[C@H]1CN[C@@H](C(=O)OC(C)(C)C)[C@H]1CCOCc1ccccc1. The van der Waals surface area contributed by atoms with Crippen LogP contribution < -0.4 is 10.1 Å². The number of hydrogen-bond acceptors (Lipinski definition) is 5. The van der Waals surface area contributed by atoms with Crippen LogP contribution >= 0.6 is 0 Å². The molecule has 1 saturated heterocycles. The minimum absolute atomic E-state index is 0.0620. The molecule has 1 aliphatic heterocycles. The molecule has 2 aromatic rings. The quantitative estimate of drug-likeness (QED) is 0.518. The number of carbonyl (C=O) groups excluding carboxylic acids is 1. The summed E-state index contributed by atoms with van der Waals surface area (Å²) in [5.74, 6) is 0.864. The Morgan fingerprint density at radius 2 is 1.77 bits per heavy atom. The normalized spacial score (nSPS) is 21.4. The van der Waals surface area contributed by atoms with Gasteiger partial charge < -0.3 is 19.5 Å². The van der Waals surface area contributed by atoms with Crippen LogP contribution in [0.3, 0.4) is 0 Å². The number of nitrogens with one attached hydrogen (secondary N) is 1. The van der Waals surface area contributed by atoms with Gasteiger partial charge in [0.1, 0.15) is 17.4 Å². The molecule has 0 amide bonds. The molecule has 5 heteroatoms. The van der Waals surface area contributed by atoms with Crippen LogP contribution in [0.2, 0.25) is 0 Å². The first kappa shape index (κ1) is 22.3. The molecule has 1 aliphatic rings. The molecule has 0 saturated carbocycles. The number of ether oxygens (including phenoxy) is 3. The van der Waals surface area contributed by atoms with Gasteiger partial charge in [0.25, 0.3) is 0 Å². The molecule has 1 fully saturated rings. The molecule has 1 heterocycles. The molecule has 3 rings (SSSR count). The van der Waals surface area contributed by atoms with Crippen LogP contribution in [0.5, 0.6) is 5.75 Å². The lowest BCUT2D eigenvalue weighted by molar-refractivity contribution is -0.158. The molecule has 0 unspecified atom stereocenters. The second kappa shape index (κ2) is 10.1. The molecule has 2 aromatic carbocycles. The van der Waals surface area contributed by atoms with E-state index in [1.54, 1.807) is 7.11 Å². The highest BCUT2D eigenvalue weighted by molar-refractivity contribution is 5.77. The highest BCUT2D eigenvalue weighted by Gasteiger charge is 2.43. The third-order valence-electron chi connectivity index (χ3n) is 5.41. The monoisotopic (exact) mass is 411 g/mol. The van der Waals surface area contributed by atoms with E-state index in [4.69, 9.17) is 14.2 Å². The number of para-hydroxylation sites is 1. The summed E-state index contributed by atoms with van der Waals surface area (Å²) in [6.45, 7) is 7.54. The Balaban J connectivity index is 1.72. The van der Waals surface area contributed by atoms with Gasteiger partial charge in [-0.15, -0.1) is 0 Å². The highest BCUT2D eigenvalue weighted by Crippen LogP contribution is 2.39. The smallest absolute Gasteiger partial charge is 0.323 e. The lowest BCUT2D eigenvalue weighted by atomic mass is 9.82. The summed E-state index contributed by atoms with van der Waals surface area (Å²) >= 11 is 0. The molecule has 3 atom stereocenters. The minimum atomic E-state index is -0.518. The minimum Gasteiger partial charge on any atom is -0.496 e. The fourth-order valence-corrected chi connectivity index (χ4v) is 4.08. The van der Waals surface area contributed by atoms with Crippen molar-refractivity contribution in [1.82, 2.24) is 5.32 Å². The van der Waals surface area contributed by atoms with E-state index in [1.807, 2.05) is 57.2 Å². The number of carbonyl (C=O) groups is 1. The van der Waals surface area contributed by atoms with Crippen molar-refractivity contribution in [2.75, 3.05) is 20.3 Å². The molecular formula is C25H33NO4. The predicted molar refractivity (Wildman–Crippen MR) is 118 cm³/mol. The average Bonchev–Trinajstić information content (AvgIpc) is 3.14. The third kappa shape index (κ3) is 5.83. The van der Waals surface area contributed by atoms with Crippen LogP contribution in [0.1, 0.15) is 44.2 Å². The maximum absolute atomic E-state index is 12.9. The van der Waals surface area contributed by atoms with E-state index < -0.39 is 5.60 Å². The zero-order chi connectivity index (χ0) is 21.6. The first-order valence-electron chi connectivity index (χ1n) is 10.6. The molecular weight excluding hydrogens is 378 g/mol. The van der Waals surface area contributed by atoms with Crippen LogP contribution in [-0.2, 0) is 20.9 Å². The summed E-state index contributed by atoms with van der Waals surface area (Å²) in [7, 11) is 1.69. The first-order chi connectivity index (χ1) is 14.4. The zero-order valence-electron chi connectivity index (χ0n) is 18.4. The molecule has 0 bridgehead atoms. The van der Waals surface area contributed by atoms with Gasteiger partial charge in [-0.1, -0.05) is 48.5 Å². The van der Waals surface area contributed by atoms with E-state index in [2.05, 4.69) is 23.5 Å². The van der Waals surface area contributed by atoms with E-state index in [0.717, 1.165) is 23.3 Å². The lowest BCUT2D eigenvalue weighted by Gasteiger charge is -2.27. The summed E-state index contributed by atoms with van der Waals surface area (Å²) in [5.41, 5.74) is 1.74. The molecule has 1 N–H and O–H groups in total. The largest absolute Gasteiger partial charge is 0.496 e. The van der Waals surface area contributed by atoms with E-state index in [0.29, 0.717) is 19.8 Å². The summed E-state index contributed by atoms with van der Waals surface area (Å²) in [6.07, 6.45) is 0.756. The van der Waals surface area contributed by atoms with Crippen molar-refractivity contribution in [2.24, 2.45) is 5.92 Å². The van der Waals surface area contributed by atoms with Crippen LogP contribution in [0.4, 0.5) is 0 Å². The number of hydrogen-bond donors (Lipinski definition) is 1. The van der Waals surface area contributed by atoms with E-state index in [1.165, 1.54) is 0 Å². The summed E-state index contributed by atoms with van der Waals surface area (Å²) < 4.78 is 17.2. The lowest BCUT2D eigenvalue weighted by Crippen LogP contribution is -2.41. The molecule has 0 spiro atoms. The van der Waals surface area contributed by atoms with Gasteiger partial charge in [-0.3, -0.25) is 4.79 Å². The number of benzene rings is 2. The Kier molecular flexibility index (Phi) is 7.51. The van der Waals surface area contributed by atoms with Crippen LogP contribution in [0, 0.1) is 5.92 Å². The van der Waals surface area contributed by atoms with E-state index in [-0.39, 0.29) is 23.8 Å².